The summed E-state index contributed by atoms with van der Waals surface area (Å²) in [6.45, 7) is 14.6. The van der Waals surface area contributed by atoms with Gasteiger partial charge in [0.15, 0.2) is 0 Å². The molecule has 0 amide bonds. The number of aryl methyl sites for hydroxylation is 2. The molecular weight excluding hydrogens is 234 g/mol. The highest BCUT2D eigenvalue weighted by atomic mass is 16.5. The number of nitrogens with one attached hydrogen (secondary N) is 1. The molecule has 1 atom stereocenters. The van der Waals surface area contributed by atoms with Crippen LogP contribution in [0.5, 0.6) is 0 Å². The Morgan fingerprint density at radius 2 is 1.89 bits per heavy atom. The van der Waals surface area contributed by atoms with E-state index in [0.29, 0.717) is 0 Å². The van der Waals surface area contributed by atoms with E-state index in [0.717, 1.165) is 19.6 Å². The lowest BCUT2D eigenvalue weighted by Gasteiger charge is -2.28. The Labute approximate surface area is 118 Å². The molecule has 19 heavy (non-hydrogen) atoms. The average molecular weight is 263 g/mol. The van der Waals surface area contributed by atoms with Gasteiger partial charge in [-0.1, -0.05) is 37.6 Å². The summed E-state index contributed by atoms with van der Waals surface area (Å²) in [5, 5.41) is 3.54. The summed E-state index contributed by atoms with van der Waals surface area (Å²) in [4.78, 5) is 0. The molecule has 0 aliphatic rings. The van der Waals surface area contributed by atoms with E-state index in [4.69, 9.17) is 4.74 Å². The molecule has 2 heteroatoms. The van der Waals surface area contributed by atoms with E-state index in [1.165, 1.54) is 16.7 Å². The van der Waals surface area contributed by atoms with Crippen LogP contribution in [0.2, 0.25) is 0 Å². The molecule has 0 saturated carbocycles. The Kier molecular flexibility index (Phi) is 6.02. The molecule has 0 aromatic heterocycles. The van der Waals surface area contributed by atoms with Gasteiger partial charge in [0.25, 0.3) is 0 Å². The van der Waals surface area contributed by atoms with Crippen molar-refractivity contribution in [3.05, 3.63) is 34.9 Å². The van der Waals surface area contributed by atoms with E-state index in [1.807, 2.05) is 0 Å². The molecule has 0 fully saturated rings. The maximum absolute atomic E-state index is 6.08. The summed E-state index contributed by atoms with van der Waals surface area (Å²) in [6.07, 6.45) is 1.03. The van der Waals surface area contributed by atoms with E-state index < -0.39 is 0 Å². The number of likely N-dealkylation sites (N-methyl/N-ethyl adjacent to an activating group) is 1. The van der Waals surface area contributed by atoms with Gasteiger partial charge >= 0.3 is 0 Å². The predicted octanol–water partition coefficient (Wildman–Crippen LogP) is 4.16. The van der Waals surface area contributed by atoms with Crippen LogP contribution in [0.25, 0.3) is 0 Å². The van der Waals surface area contributed by atoms with Crippen molar-refractivity contribution in [2.75, 3.05) is 13.2 Å². The maximum Gasteiger partial charge on any atom is 0.0668 e. The lowest BCUT2D eigenvalue weighted by Crippen LogP contribution is -2.32. The van der Waals surface area contributed by atoms with E-state index >= 15 is 0 Å². The van der Waals surface area contributed by atoms with Crippen molar-refractivity contribution < 1.29 is 4.74 Å². The molecule has 0 spiro atoms. The Hall–Kier alpha value is -0.860. The first-order valence-corrected chi connectivity index (χ1v) is 7.34. The van der Waals surface area contributed by atoms with E-state index in [-0.39, 0.29) is 11.6 Å². The summed E-state index contributed by atoms with van der Waals surface area (Å²) >= 11 is 0. The molecule has 1 aromatic carbocycles. The van der Waals surface area contributed by atoms with Crippen LogP contribution in [0.4, 0.5) is 0 Å². The molecule has 1 rings (SSSR count). The molecule has 108 valence electrons. The molecule has 0 bridgehead atoms. The lowest BCUT2D eigenvalue weighted by atomic mass is 9.99. The normalized spacial score (nSPS) is 13.6. The van der Waals surface area contributed by atoms with Gasteiger partial charge in [-0.3, -0.25) is 0 Å². The van der Waals surface area contributed by atoms with Gasteiger partial charge in [-0.05, 0) is 51.8 Å². The Morgan fingerprint density at radius 1 is 1.21 bits per heavy atom. The quantitative estimate of drug-likeness (QED) is 0.797. The summed E-state index contributed by atoms with van der Waals surface area (Å²) in [6, 6.07) is 6.90. The molecule has 0 heterocycles. The van der Waals surface area contributed by atoms with Crippen molar-refractivity contribution in [1.82, 2.24) is 5.32 Å². The maximum atomic E-state index is 6.08. The van der Waals surface area contributed by atoms with Gasteiger partial charge in [0.05, 0.1) is 18.2 Å². The zero-order chi connectivity index (χ0) is 14.5. The van der Waals surface area contributed by atoms with Crippen molar-refractivity contribution in [3.8, 4) is 0 Å². The number of hydrogen-bond acceptors (Lipinski definition) is 2. The third-order valence-electron chi connectivity index (χ3n) is 3.75. The molecular formula is C17H29NO. The van der Waals surface area contributed by atoms with Crippen LogP contribution >= 0.6 is 0 Å². The van der Waals surface area contributed by atoms with E-state index in [9.17, 15) is 0 Å². The standard InChI is InChI=1S/C17H29NO/c1-7-17(5,6)19-12-16(18-8-2)15-11-13(3)9-10-14(15)4/h9-11,16,18H,7-8,12H2,1-6H3. The molecule has 2 nitrogen and oxygen atoms in total. The smallest absolute Gasteiger partial charge is 0.0668 e. The summed E-state index contributed by atoms with van der Waals surface area (Å²) in [5.41, 5.74) is 3.94. The topological polar surface area (TPSA) is 21.3 Å². The van der Waals surface area contributed by atoms with Crippen LogP contribution in [0, 0.1) is 13.8 Å². The molecule has 0 aliphatic carbocycles. The van der Waals surface area contributed by atoms with Gasteiger partial charge < -0.3 is 10.1 Å². The van der Waals surface area contributed by atoms with Crippen LogP contribution in [0.3, 0.4) is 0 Å². The van der Waals surface area contributed by atoms with Gasteiger partial charge in [-0.15, -0.1) is 0 Å². The van der Waals surface area contributed by atoms with Crippen LogP contribution in [0.15, 0.2) is 18.2 Å². The highest BCUT2D eigenvalue weighted by Crippen LogP contribution is 2.23. The first-order valence-electron chi connectivity index (χ1n) is 7.34. The first kappa shape index (κ1) is 16.2. The minimum Gasteiger partial charge on any atom is -0.374 e. The molecule has 0 saturated heterocycles. The van der Waals surface area contributed by atoms with E-state index in [1.54, 1.807) is 0 Å². The van der Waals surface area contributed by atoms with Crippen molar-refractivity contribution in [3.63, 3.8) is 0 Å². The lowest BCUT2D eigenvalue weighted by molar-refractivity contribution is -0.0307. The summed E-state index contributed by atoms with van der Waals surface area (Å²) in [7, 11) is 0. The second-order valence-electron chi connectivity index (χ2n) is 5.89. The zero-order valence-corrected chi connectivity index (χ0v) is 13.3. The molecule has 1 N–H and O–H groups in total. The monoisotopic (exact) mass is 263 g/mol. The minimum atomic E-state index is -0.0502. The fourth-order valence-corrected chi connectivity index (χ4v) is 2.05. The van der Waals surface area contributed by atoms with Crippen LogP contribution in [0.1, 0.15) is 56.8 Å². The minimum absolute atomic E-state index is 0.0502. The molecule has 1 unspecified atom stereocenters. The highest BCUT2D eigenvalue weighted by molar-refractivity contribution is 5.33. The van der Waals surface area contributed by atoms with Crippen molar-refractivity contribution >= 4 is 0 Å². The SMILES string of the molecule is CCNC(COC(C)(C)CC)c1cc(C)ccc1C. The van der Waals surface area contributed by atoms with Crippen molar-refractivity contribution in [1.29, 1.82) is 0 Å². The molecule has 1 aromatic rings. The second kappa shape index (κ2) is 7.06. The predicted molar refractivity (Wildman–Crippen MR) is 82.7 cm³/mol. The second-order valence-corrected chi connectivity index (χ2v) is 5.89. The van der Waals surface area contributed by atoms with Crippen LogP contribution in [-0.4, -0.2) is 18.8 Å². The Bertz CT molecular complexity index is 398. The van der Waals surface area contributed by atoms with Gasteiger partial charge in [0.2, 0.25) is 0 Å². The third kappa shape index (κ3) is 4.96. The molecule has 0 aliphatic heterocycles. The summed E-state index contributed by atoms with van der Waals surface area (Å²) in [5.74, 6) is 0. The first-order chi connectivity index (χ1) is 8.89. The highest BCUT2D eigenvalue weighted by Gasteiger charge is 2.20. The molecule has 0 radical (unpaired) electrons. The Morgan fingerprint density at radius 3 is 2.47 bits per heavy atom. The largest absolute Gasteiger partial charge is 0.374 e. The van der Waals surface area contributed by atoms with Crippen LogP contribution in [-0.2, 0) is 4.74 Å². The van der Waals surface area contributed by atoms with Gasteiger partial charge in [-0.25, -0.2) is 0 Å². The fraction of sp³-hybridized carbons (Fsp3) is 0.647. The number of benzene rings is 1. The number of ether oxygens (including phenoxy) is 1. The Balaban J connectivity index is 2.85. The fourth-order valence-electron chi connectivity index (χ4n) is 2.05. The zero-order valence-electron chi connectivity index (χ0n) is 13.3. The van der Waals surface area contributed by atoms with Gasteiger partial charge in [-0.2, -0.15) is 0 Å². The van der Waals surface area contributed by atoms with Crippen molar-refractivity contribution in [2.45, 2.75) is 59.6 Å². The van der Waals surface area contributed by atoms with Crippen molar-refractivity contribution in [2.24, 2.45) is 0 Å². The van der Waals surface area contributed by atoms with Crippen LogP contribution < -0.4 is 5.32 Å². The number of rotatable bonds is 7. The summed E-state index contributed by atoms with van der Waals surface area (Å²) < 4.78 is 6.08. The number of hydrogen-bond donors (Lipinski definition) is 1. The third-order valence-corrected chi connectivity index (χ3v) is 3.75. The van der Waals surface area contributed by atoms with Gasteiger partial charge in [0, 0.05) is 0 Å². The average Bonchev–Trinajstić information content (AvgIpc) is 2.37. The van der Waals surface area contributed by atoms with Gasteiger partial charge in [0.1, 0.15) is 0 Å². The van der Waals surface area contributed by atoms with E-state index in [2.05, 4.69) is 65.1 Å².